The quantitative estimate of drug-likeness (QED) is 0.160. The van der Waals surface area contributed by atoms with Gasteiger partial charge in [-0.15, -0.1) is 11.3 Å². The first-order valence-electron chi connectivity index (χ1n) is 22.4. The monoisotopic (exact) mass is 857 g/mol. The van der Waals surface area contributed by atoms with Crippen molar-refractivity contribution in [1.29, 1.82) is 0 Å². The number of aromatic nitrogens is 3. The van der Waals surface area contributed by atoms with E-state index >= 15 is 0 Å². The third-order valence-electron chi connectivity index (χ3n) is 13.5. The number of rotatable bonds is 7. The molecule has 0 amide bonds. The van der Waals surface area contributed by atoms with Gasteiger partial charge in [0.25, 0.3) is 0 Å². The van der Waals surface area contributed by atoms with Gasteiger partial charge in [0.05, 0.1) is 5.41 Å². The van der Waals surface area contributed by atoms with E-state index in [9.17, 15) is 0 Å². The number of hydrogen-bond acceptors (Lipinski definition) is 4. The van der Waals surface area contributed by atoms with Gasteiger partial charge in [-0.2, -0.15) is 0 Å². The van der Waals surface area contributed by atoms with Gasteiger partial charge >= 0.3 is 0 Å². The molecule has 13 rings (SSSR count). The van der Waals surface area contributed by atoms with E-state index in [-0.39, 0.29) is 0 Å². The number of fused-ring (bicyclic) bond motifs is 7. The lowest BCUT2D eigenvalue weighted by Gasteiger charge is -2.33. The van der Waals surface area contributed by atoms with Crippen LogP contribution in [0.3, 0.4) is 0 Å². The summed E-state index contributed by atoms with van der Waals surface area (Å²) in [5, 5.41) is 5.03. The number of thiophene rings is 1. The van der Waals surface area contributed by atoms with Crippen molar-refractivity contribution in [3.8, 4) is 67.5 Å². The van der Waals surface area contributed by atoms with E-state index in [2.05, 4.69) is 237 Å². The summed E-state index contributed by atoms with van der Waals surface area (Å²) in [7, 11) is 0. The molecule has 0 N–H and O–H groups in total. The van der Waals surface area contributed by atoms with Crippen LogP contribution in [0.1, 0.15) is 22.3 Å². The molecular weight excluding hydrogens is 819 g/mol. The lowest BCUT2D eigenvalue weighted by atomic mass is 9.67. The summed E-state index contributed by atoms with van der Waals surface area (Å²) < 4.78 is 2.59. The van der Waals surface area contributed by atoms with Crippen LogP contribution in [0.25, 0.3) is 98.5 Å². The minimum Gasteiger partial charge on any atom is -0.208 e. The highest BCUT2D eigenvalue weighted by Gasteiger charge is 2.47. The maximum atomic E-state index is 5.40. The topological polar surface area (TPSA) is 38.7 Å². The van der Waals surface area contributed by atoms with E-state index in [4.69, 9.17) is 15.0 Å². The number of hydrogen-bond donors (Lipinski definition) is 0. The molecule has 2 heterocycles. The Hall–Kier alpha value is -8.31. The molecule has 0 saturated heterocycles. The van der Waals surface area contributed by atoms with Crippen molar-refractivity contribution in [3.05, 3.63) is 259 Å². The summed E-state index contributed by atoms with van der Waals surface area (Å²) in [6, 6.07) is 85.1. The molecule has 0 radical (unpaired) electrons. The zero-order chi connectivity index (χ0) is 43.6. The van der Waals surface area contributed by atoms with E-state index in [1.165, 1.54) is 69.9 Å². The third kappa shape index (κ3) is 5.99. The molecule has 0 fully saturated rings. The average molecular weight is 858 g/mol. The minimum atomic E-state index is -0.548. The van der Waals surface area contributed by atoms with E-state index in [0.29, 0.717) is 17.5 Å². The molecule has 0 saturated carbocycles. The van der Waals surface area contributed by atoms with Crippen LogP contribution in [-0.4, -0.2) is 15.0 Å². The zero-order valence-electron chi connectivity index (χ0n) is 35.8. The predicted molar refractivity (Wildman–Crippen MR) is 275 cm³/mol. The summed E-state index contributed by atoms with van der Waals surface area (Å²) in [5.41, 5.74) is 14.2. The number of nitrogens with zero attached hydrogens (tertiary/aromatic N) is 3. The van der Waals surface area contributed by atoms with Crippen LogP contribution < -0.4 is 0 Å². The Bertz CT molecular complexity index is 3760. The molecule has 0 spiro atoms. The molecule has 3 nitrogen and oxygen atoms in total. The highest BCUT2D eigenvalue weighted by atomic mass is 32.1. The predicted octanol–water partition coefficient (Wildman–Crippen LogP) is 16.1. The lowest BCUT2D eigenvalue weighted by Crippen LogP contribution is -2.28. The Morgan fingerprint density at radius 3 is 1.50 bits per heavy atom. The fourth-order valence-corrected chi connectivity index (χ4v) is 11.7. The van der Waals surface area contributed by atoms with Gasteiger partial charge in [0.2, 0.25) is 0 Å². The van der Waals surface area contributed by atoms with E-state index in [0.717, 1.165) is 33.4 Å². The fourth-order valence-electron chi connectivity index (χ4n) is 10.5. The van der Waals surface area contributed by atoms with Crippen LogP contribution in [0, 0.1) is 0 Å². The van der Waals surface area contributed by atoms with Crippen LogP contribution in [0.2, 0.25) is 0 Å². The molecule has 4 heteroatoms. The van der Waals surface area contributed by atoms with Crippen molar-refractivity contribution in [3.63, 3.8) is 0 Å². The summed E-state index contributed by atoms with van der Waals surface area (Å²) >= 11 is 1.85. The van der Waals surface area contributed by atoms with Gasteiger partial charge in [0.1, 0.15) is 0 Å². The molecule has 1 aliphatic carbocycles. The van der Waals surface area contributed by atoms with Crippen molar-refractivity contribution in [2.24, 2.45) is 0 Å². The second-order valence-electron chi connectivity index (χ2n) is 17.0. The zero-order valence-corrected chi connectivity index (χ0v) is 36.6. The number of benzene rings is 10. The largest absolute Gasteiger partial charge is 0.208 e. The molecule has 66 heavy (non-hydrogen) atoms. The molecule has 1 aliphatic rings. The van der Waals surface area contributed by atoms with Gasteiger partial charge in [-0.05, 0) is 72.5 Å². The van der Waals surface area contributed by atoms with Crippen LogP contribution in [0.4, 0.5) is 0 Å². The van der Waals surface area contributed by atoms with Crippen LogP contribution >= 0.6 is 11.3 Å². The summed E-state index contributed by atoms with van der Waals surface area (Å²) in [6.07, 6.45) is 0. The molecule has 10 aromatic carbocycles. The van der Waals surface area contributed by atoms with E-state index in [1.54, 1.807) is 0 Å². The van der Waals surface area contributed by atoms with Gasteiger partial charge in [-0.25, -0.2) is 15.0 Å². The first-order valence-corrected chi connectivity index (χ1v) is 23.2. The van der Waals surface area contributed by atoms with Crippen LogP contribution in [0.5, 0.6) is 0 Å². The molecule has 0 aliphatic heterocycles. The molecular formula is C62H39N3S. The van der Waals surface area contributed by atoms with Crippen LogP contribution in [0.15, 0.2) is 237 Å². The minimum absolute atomic E-state index is 0.548. The summed E-state index contributed by atoms with van der Waals surface area (Å²) in [4.78, 5) is 16.1. The average Bonchev–Trinajstić information content (AvgIpc) is 3.93. The molecule has 0 atom stereocenters. The van der Waals surface area contributed by atoms with E-state index in [1.807, 2.05) is 11.3 Å². The Labute approximate surface area is 387 Å². The molecule has 308 valence electrons. The molecule has 0 bridgehead atoms. The van der Waals surface area contributed by atoms with Crippen molar-refractivity contribution in [1.82, 2.24) is 15.0 Å². The van der Waals surface area contributed by atoms with Crippen molar-refractivity contribution in [2.45, 2.75) is 5.41 Å². The normalized spacial score (nSPS) is 12.7. The van der Waals surface area contributed by atoms with Gasteiger partial charge in [-0.3, -0.25) is 0 Å². The van der Waals surface area contributed by atoms with Gasteiger partial charge in [0, 0.05) is 36.9 Å². The standard InChI is InChI=1S/C62H39N3S/c1-3-18-45(19-4-1)62(46-20-5-2-6-21-46)54-29-11-9-24-52(54)57-53(28-15-30-55(57)62)61-64-59(43-36-32-41(33-37-43)48-25-13-17-40-16-7-8-22-47(40)48)63-60(65-61)44-38-34-42(35-39-44)49-26-14-27-51-50-23-10-12-31-56(50)66-58(49)51/h1-39H. The van der Waals surface area contributed by atoms with Crippen molar-refractivity contribution < 1.29 is 0 Å². The first-order chi connectivity index (χ1) is 32.7. The Morgan fingerprint density at radius 2 is 0.773 bits per heavy atom. The fraction of sp³-hybridized carbons (Fsp3) is 0.0161. The SMILES string of the molecule is c1ccc(C2(c3ccccc3)c3ccccc3-c3c(-c4nc(-c5ccc(-c6cccc7ccccc67)cc5)nc(-c5ccc(-c6cccc7c6sc6ccccc67)cc5)n4)cccc32)cc1. The van der Waals surface area contributed by atoms with Gasteiger partial charge in [0.15, 0.2) is 17.5 Å². The highest BCUT2D eigenvalue weighted by Crippen LogP contribution is 2.58. The Kier molecular flexibility index (Phi) is 8.93. The molecule has 2 aromatic heterocycles. The van der Waals surface area contributed by atoms with Crippen molar-refractivity contribution in [2.75, 3.05) is 0 Å². The van der Waals surface area contributed by atoms with Gasteiger partial charge < -0.3 is 0 Å². The lowest BCUT2D eigenvalue weighted by molar-refractivity contribution is 0.768. The summed E-state index contributed by atoms with van der Waals surface area (Å²) in [5.74, 6) is 1.89. The maximum absolute atomic E-state index is 5.40. The Balaban J connectivity index is 0.996. The van der Waals surface area contributed by atoms with E-state index < -0.39 is 5.41 Å². The van der Waals surface area contributed by atoms with Crippen molar-refractivity contribution >= 4 is 42.3 Å². The smallest absolute Gasteiger partial charge is 0.164 e. The van der Waals surface area contributed by atoms with Crippen LogP contribution in [-0.2, 0) is 5.41 Å². The summed E-state index contributed by atoms with van der Waals surface area (Å²) in [6.45, 7) is 0. The van der Waals surface area contributed by atoms with Gasteiger partial charge in [-0.1, -0.05) is 231 Å². The Morgan fingerprint density at radius 1 is 0.303 bits per heavy atom. The first kappa shape index (κ1) is 38.2. The third-order valence-corrected chi connectivity index (χ3v) is 14.7. The second-order valence-corrected chi connectivity index (χ2v) is 18.1. The second kappa shape index (κ2) is 15.4. The molecule has 12 aromatic rings. The highest BCUT2D eigenvalue weighted by molar-refractivity contribution is 7.26. The maximum Gasteiger partial charge on any atom is 0.164 e. The molecule has 0 unspecified atom stereocenters.